The van der Waals surface area contributed by atoms with E-state index in [2.05, 4.69) is 4.74 Å². The molecule has 148 valence electrons. The van der Waals surface area contributed by atoms with Crippen LogP contribution in [0.25, 0.3) is 0 Å². The molecule has 27 heavy (non-hydrogen) atoms. The third-order valence-corrected chi connectivity index (χ3v) is 3.42. The highest BCUT2D eigenvalue weighted by Crippen LogP contribution is 2.36. The summed E-state index contributed by atoms with van der Waals surface area (Å²) >= 11 is 0. The van der Waals surface area contributed by atoms with Crippen molar-refractivity contribution in [2.24, 2.45) is 0 Å². The monoisotopic (exact) mass is 396 g/mol. The molecule has 0 saturated carbocycles. The van der Waals surface area contributed by atoms with Gasteiger partial charge in [-0.25, -0.2) is 4.79 Å². The van der Waals surface area contributed by atoms with Crippen LogP contribution in [0.5, 0.6) is 0 Å². The van der Waals surface area contributed by atoms with Gasteiger partial charge < -0.3 is 10.1 Å². The van der Waals surface area contributed by atoms with Crippen molar-refractivity contribution in [1.29, 1.82) is 5.26 Å². The number of nitrogens with zero attached hydrogens (tertiary/aromatic N) is 1. The predicted octanol–water partition coefficient (Wildman–Crippen LogP) is 3.69. The largest absolute Gasteiger partial charge is 0.467 e. The van der Waals surface area contributed by atoms with Gasteiger partial charge in [-0.2, -0.15) is 31.6 Å². The highest BCUT2D eigenvalue weighted by atomic mass is 19.4. The summed E-state index contributed by atoms with van der Waals surface area (Å²) in [6.07, 6.45) is -10.1. The van der Waals surface area contributed by atoms with Crippen LogP contribution in [-0.4, -0.2) is 25.0 Å². The van der Waals surface area contributed by atoms with Gasteiger partial charge in [-0.15, -0.1) is 0 Å². The second-order valence-electron chi connectivity index (χ2n) is 5.39. The van der Waals surface area contributed by atoms with Crippen LogP contribution in [0.15, 0.2) is 18.2 Å². The molecule has 0 fully saturated rings. The molecule has 0 aliphatic heterocycles. The van der Waals surface area contributed by atoms with E-state index in [9.17, 15) is 35.9 Å². The number of halogens is 6. The van der Waals surface area contributed by atoms with Crippen molar-refractivity contribution in [1.82, 2.24) is 5.32 Å². The topological polar surface area (TPSA) is 79.2 Å². The van der Waals surface area contributed by atoms with Crippen molar-refractivity contribution in [3.8, 4) is 6.07 Å². The molecule has 1 aromatic carbocycles. The van der Waals surface area contributed by atoms with E-state index in [0.717, 1.165) is 7.11 Å². The normalized spacial score (nSPS) is 12.8. The average molecular weight is 396 g/mol. The third-order valence-electron chi connectivity index (χ3n) is 3.42. The van der Waals surface area contributed by atoms with Gasteiger partial charge in [0.2, 0.25) is 0 Å². The first-order valence-corrected chi connectivity index (χ1v) is 7.45. The lowest BCUT2D eigenvalue weighted by molar-refractivity contribution is -0.144. The third kappa shape index (κ3) is 6.47. The van der Waals surface area contributed by atoms with Crippen molar-refractivity contribution in [3.63, 3.8) is 0 Å². The minimum absolute atomic E-state index is 0.0329. The molecule has 1 atom stereocenters. The molecule has 0 aliphatic rings. The Morgan fingerprint density at radius 1 is 1.11 bits per heavy atom. The maximum Gasteiger partial charge on any atom is 0.416 e. The number of unbranched alkanes of at least 4 members (excludes halogenated alkanes) is 1. The molecule has 1 amide bonds. The second-order valence-corrected chi connectivity index (χ2v) is 5.39. The van der Waals surface area contributed by atoms with Gasteiger partial charge in [0.15, 0.2) is 0 Å². The fourth-order valence-electron chi connectivity index (χ4n) is 2.10. The summed E-state index contributed by atoms with van der Waals surface area (Å²) in [6, 6.07) is 0.885. The zero-order chi connectivity index (χ0) is 20.8. The molecule has 0 bridgehead atoms. The van der Waals surface area contributed by atoms with Gasteiger partial charge in [0.25, 0.3) is 5.91 Å². The molecule has 0 radical (unpaired) electrons. The van der Waals surface area contributed by atoms with Crippen LogP contribution in [0.3, 0.4) is 0 Å². The Labute approximate surface area is 149 Å². The second kappa shape index (κ2) is 8.75. The summed E-state index contributed by atoms with van der Waals surface area (Å²) in [7, 11) is 0.998. The summed E-state index contributed by atoms with van der Waals surface area (Å²) in [5.41, 5.74) is -4.21. The molecule has 11 heteroatoms. The van der Waals surface area contributed by atoms with Crippen molar-refractivity contribution in [3.05, 3.63) is 34.9 Å². The highest BCUT2D eigenvalue weighted by Gasteiger charge is 2.37. The number of esters is 1. The van der Waals surface area contributed by atoms with Gasteiger partial charge in [-0.3, -0.25) is 4.79 Å². The smallest absolute Gasteiger partial charge is 0.416 e. The highest BCUT2D eigenvalue weighted by molar-refractivity contribution is 5.97. The van der Waals surface area contributed by atoms with Gasteiger partial charge in [0.05, 0.1) is 24.3 Å². The van der Waals surface area contributed by atoms with Crippen LogP contribution in [0.1, 0.15) is 40.7 Å². The van der Waals surface area contributed by atoms with E-state index in [-0.39, 0.29) is 37.5 Å². The first-order valence-electron chi connectivity index (χ1n) is 7.45. The van der Waals surface area contributed by atoms with Gasteiger partial charge in [0, 0.05) is 12.0 Å². The first kappa shape index (κ1) is 22.3. The van der Waals surface area contributed by atoms with E-state index < -0.39 is 47.0 Å². The Hall–Kier alpha value is -2.77. The van der Waals surface area contributed by atoms with E-state index in [1.165, 1.54) is 0 Å². The Balaban J connectivity index is 3.20. The maximum absolute atomic E-state index is 12.8. The van der Waals surface area contributed by atoms with E-state index in [1.807, 2.05) is 5.32 Å². The van der Waals surface area contributed by atoms with Gasteiger partial charge in [0.1, 0.15) is 6.04 Å². The van der Waals surface area contributed by atoms with E-state index in [1.54, 1.807) is 6.07 Å². The summed E-state index contributed by atoms with van der Waals surface area (Å²) in [4.78, 5) is 23.8. The number of amides is 1. The molecular formula is C16H14F6N2O3. The minimum atomic E-state index is -5.11. The van der Waals surface area contributed by atoms with Crippen LogP contribution >= 0.6 is 0 Å². The molecule has 1 rings (SSSR count). The van der Waals surface area contributed by atoms with Gasteiger partial charge >= 0.3 is 18.3 Å². The zero-order valence-electron chi connectivity index (χ0n) is 13.9. The summed E-state index contributed by atoms with van der Waals surface area (Å²) in [5, 5.41) is 10.5. The molecule has 1 aromatic rings. The van der Waals surface area contributed by atoms with Crippen LogP contribution in [-0.2, 0) is 21.9 Å². The number of carbonyl (C=O) groups excluding carboxylic acids is 2. The maximum atomic E-state index is 12.8. The Kier molecular flexibility index (Phi) is 7.21. The lowest BCUT2D eigenvalue weighted by Gasteiger charge is -2.18. The number of ether oxygens (including phenoxy) is 1. The van der Waals surface area contributed by atoms with Crippen molar-refractivity contribution in [2.45, 2.75) is 37.7 Å². The van der Waals surface area contributed by atoms with Crippen LogP contribution < -0.4 is 5.32 Å². The number of hydrogen-bond donors (Lipinski definition) is 1. The molecule has 0 aromatic heterocycles. The molecule has 1 N–H and O–H groups in total. The SMILES string of the molecule is COC(=O)[C@@H](CCCC#N)NC(=O)c1cc(C(F)(F)F)cc(C(F)(F)F)c1. The number of nitrogens with one attached hydrogen (secondary N) is 1. The zero-order valence-corrected chi connectivity index (χ0v) is 13.9. The van der Waals surface area contributed by atoms with E-state index in [4.69, 9.17) is 5.26 Å². The number of hydrogen-bond acceptors (Lipinski definition) is 4. The van der Waals surface area contributed by atoms with Crippen molar-refractivity contribution < 1.29 is 40.7 Å². The fraction of sp³-hybridized carbons (Fsp3) is 0.438. The quantitative estimate of drug-likeness (QED) is 0.452. The predicted molar refractivity (Wildman–Crippen MR) is 79.2 cm³/mol. The van der Waals surface area contributed by atoms with Crippen LogP contribution in [0, 0.1) is 11.3 Å². The Morgan fingerprint density at radius 3 is 2.04 bits per heavy atom. The molecule has 0 unspecified atom stereocenters. The molecule has 0 spiro atoms. The van der Waals surface area contributed by atoms with Crippen LogP contribution in [0.2, 0.25) is 0 Å². The van der Waals surface area contributed by atoms with Crippen molar-refractivity contribution >= 4 is 11.9 Å². The van der Waals surface area contributed by atoms with Crippen LogP contribution in [0.4, 0.5) is 26.3 Å². The summed E-state index contributed by atoms with van der Waals surface area (Å²) < 4.78 is 81.5. The minimum Gasteiger partial charge on any atom is -0.467 e. The number of carbonyl (C=O) groups is 2. The van der Waals surface area contributed by atoms with Gasteiger partial charge in [-0.05, 0) is 31.0 Å². The Bertz CT molecular complexity index is 705. The molecule has 5 nitrogen and oxygen atoms in total. The number of rotatable bonds is 6. The number of alkyl halides is 6. The average Bonchev–Trinajstić information content (AvgIpc) is 2.58. The number of methoxy groups -OCH3 is 1. The van der Waals surface area contributed by atoms with E-state index >= 15 is 0 Å². The standard InChI is InChI=1S/C16H14F6N2O3/c1-27-14(26)12(4-2-3-5-23)24-13(25)9-6-10(15(17,18)19)8-11(7-9)16(20,21)22/h6-8,12H,2-4H2,1H3,(H,24,25)/t12-/m1/s1. The van der Waals surface area contributed by atoms with E-state index in [0.29, 0.717) is 0 Å². The molecule has 0 heterocycles. The van der Waals surface area contributed by atoms with Crippen molar-refractivity contribution in [2.75, 3.05) is 7.11 Å². The molecule has 0 aliphatic carbocycles. The summed E-state index contributed by atoms with van der Waals surface area (Å²) in [5.74, 6) is -2.25. The number of nitriles is 1. The first-order chi connectivity index (χ1) is 12.4. The molecular weight excluding hydrogens is 382 g/mol. The molecule has 0 saturated heterocycles. The van der Waals surface area contributed by atoms with Gasteiger partial charge in [-0.1, -0.05) is 0 Å². The fourth-order valence-corrected chi connectivity index (χ4v) is 2.10. The number of benzene rings is 1. The lowest BCUT2D eigenvalue weighted by atomic mass is 10.0. The lowest BCUT2D eigenvalue weighted by Crippen LogP contribution is -2.41. The Morgan fingerprint density at radius 2 is 1.63 bits per heavy atom. The summed E-state index contributed by atoms with van der Waals surface area (Å²) in [6.45, 7) is 0.